The first kappa shape index (κ1) is 11.7. The fraction of sp³-hybridized carbons (Fsp3) is 0. The first-order valence-corrected chi connectivity index (χ1v) is 3.14. The number of carboxylic acid groups (broad SMARTS) is 2. The summed E-state index contributed by atoms with van der Waals surface area (Å²) >= 11 is 0. The van der Waals surface area contributed by atoms with E-state index >= 15 is 0 Å². The molecule has 0 spiro atoms. The van der Waals surface area contributed by atoms with Gasteiger partial charge in [0.1, 0.15) is 0 Å². The van der Waals surface area contributed by atoms with Crippen molar-refractivity contribution in [2.24, 2.45) is 0 Å². The third kappa shape index (κ3) is 2.57. The monoisotopic (exact) mass is 227 g/mol. The summed E-state index contributed by atoms with van der Waals surface area (Å²) in [5.41, 5.74) is -0.727. The van der Waals surface area contributed by atoms with Crippen LogP contribution in [0.5, 0.6) is 0 Å². The van der Waals surface area contributed by atoms with Crippen LogP contribution in [0.2, 0.25) is 0 Å². The Morgan fingerprint density at radius 3 is 1.46 bits per heavy atom. The predicted molar refractivity (Wildman–Crippen MR) is 35.1 cm³/mol. The minimum atomic E-state index is -1.52. The summed E-state index contributed by atoms with van der Waals surface area (Å²) in [5, 5.41) is 20.6. The molecule has 71 valence electrons. The van der Waals surface area contributed by atoms with E-state index in [1.807, 2.05) is 0 Å². The Bertz CT molecular complexity index is 302. The molecular formula is C8H4CuO4. The number of aromatic carboxylic acids is 2. The third-order valence-electron chi connectivity index (χ3n) is 1.37. The minimum absolute atomic E-state index is 0. The molecule has 0 aliphatic rings. The Morgan fingerprint density at radius 2 is 1.23 bits per heavy atom. The van der Waals surface area contributed by atoms with Crippen LogP contribution in [0.25, 0.3) is 0 Å². The van der Waals surface area contributed by atoms with Crippen LogP contribution in [-0.4, -0.2) is 11.9 Å². The Balaban J connectivity index is 0.00000144. The molecule has 0 aromatic heterocycles. The van der Waals surface area contributed by atoms with Crippen LogP contribution in [0.3, 0.4) is 0 Å². The van der Waals surface area contributed by atoms with Gasteiger partial charge >= 0.3 is 17.1 Å². The fourth-order valence-electron chi connectivity index (χ4n) is 0.839. The van der Waals surface area contributed by atoms with Crippen molar-refractivity contribution in [2.45, 2.75) is 0 Å². The molecule has 1 rings (SSSR count). The molecule has 0 amide bonds. The normalized spacial score (nSPS) is 8.62. The van der Waals surface area contributed by atoms with Crippen LogP contribution in [0.15, 0.2) is 24.3 Å². The second-order valence-electron chi connectivity index (χ2n) is 2.12. The van der Waals surface area contributed by atoms with E-state index in [1.54, 1.807) is 0 Å². The van der Waals surface area contributed by atoms with Crippen molar-refractivity contribution < 1.29 is 36.9 Å². The first-order valence-electron chi connectivity index (χ1n) is 3.14. The van der Waals surface area contributed by atoms with Gasteiger partial charge in [0.05, 0.1) is 11.9 Å². The number of carbonyl (C=O) groups excluding carboxylic acids is 2. The molecule has 0 unspecified atom stereocenters. The molecule has 0 saturated heterocycles. The van der Waals surface area contributed by atoms with Crippen LogP contribution in [-0.2, 0) is 17.1 Å². The van der Waals surface area contributed by atoms with Crippen LogP contribution in [0.4, 0.5) is 0 Å². The molecule has 5 heteroatoms. The summed E-state index contributed by atoms with van der Waals surface area (Å²) in [6.07, 6.45) is 0. The molecule has 0 bridgehead atoms. The van der Waals surface area contributed by atoms with Crippen LogP contribution in [0, 0.1) is 0 Å². The van der Waals surface area contributed by atoms with E-state index in [0.717, 1.165) is 12.1 Å². The summed E-state index contributed by atoms with van der Waals surface area (Å²) in [4.78, 5) is 20.6. The fourth-order valence-corrected chi connectivity index (χ4v) is 0.839. The standard InChI is InChI=1S/C8H6O4.Cu/c9-7(10)5-3-1-2-4-6(5)8(11)12;/h1-4H,(H,9,10)(H,11,12);/q;+2/p-2. The SMILES string of the molecule is O=C([O-])c1ccccc1C(=O)[O-].[Cu+2]. The van der Waals surface area contributed by atoms with Gasteiger partial charge in [-0.1, -0.05) is 24.3 Å². The van der Waals surface area contributed by atoms with E-state index in [0.29, 0.717) is 0 Å². The summed E-state index contributed by atoms with van der Waals surface area (Å²) in [6.45, 7) is 0. The molecule has 13 heavy (non-hydrogen) atoms. The van der Waals surface area contributed by atoms with Gasteiger partial charge in [0.2, 0.25) is 0 Å². The van der Waals surface area contributed by atoms with Gasteiger partial charge in [-0.25, -0.2) is 0 Å². The van der Waals surface area contributed by atoms with Gasteiger partial charge in [0.25, 0.3) is 0 Å². The van der Waals surface area contributed by atoms with Crippen molar-refractivity contribution in [3.63, 3.8) is 0 Å². The molecule has 0 N–H and O–H groups in total. The topological polar surface area (TPSA) is 80.3 Å². The molecule has 0 aliphatic heterocycles. The molecule has 4 nitrogen and oxygen atoms in total. The average Bonchev–Trinajstić information content (AvgIpc) is 2.04. The molecule has 0 saturated carbocycles. The Labute approximate surface area is 84.7 Å². The molecule has 0 aliphatic carbocycles. The minimum Gasteiger partial charge on any atom is -0.545 e. The molecule has 1 aromatic rings. The van der Waals surface area contributed by atoms with Crippen molar-refractivity contribution in [2.75, 3.05) is 0 Å². The zero-order chi connectivity index (χ0) is 9.14. The van der Waals surface area contributed by atoms with Gasteiger partial charge < -0.3 is 19.8 Å². The zero-order valence-corrected chi connectivity index (χ0v) is 7.19. The summed E-state index contributed by atoms with van der Waals surface area (Å²) in [6, 6.07) is 5.14. The molecule has 0 heterocycles. The summed E-state index contributed by atoms with van der Waals surface area (Å²) in [7, 11) is 0. The number of carbonyl (C=O) groups is 2. The van der Waals surface area contributed by atoms with E-state index < -0.39 is 11.9 Å². The first-order chi connectivity index (χ1) is 5.63. The zero-order valence-electron chi connectivity index (χ0n) is 6.24. The van der Waals surface area contributed by atoms with E-state index in [2.05, 4.69) is 0 Å². The van der Waals surface area contributed by atoms with E-state index in [9.17, 15) is 19.8 Å². The second kappa shape index (κ2) is 4.64. The molecule has 0 atom stereocenters. The third-order valence-corrected chi connectivity index (χ3v) is 1.37. The van der Waals surface area contributed by atoms with E-state index in [-0.39, 0.29) is 28.2 Å². The number of hydrogen-bond acceptors (Lipinski definition) is 4. The van der Waals surface area contributed by atoms with Gasteiger partial charge in [-0.3, -0.25) is 0 Å². The predicted octanol–water partition coefficient (Wildman–Crippen LogP) is -1.59. The second-order valence-corrected chi connectivity index (χ2v) is 2.12. The average molecular weight is 228 g/mol. The van der Waals surface area contributed by atoms with Crippen molar-refractivity contribution in [3.8, 4) is 0 Å². The van der Waals surface area contributed by atoms with Crippen molar-refractivity contribution in [1.29, 1.82) is 0 Å². The van der Waals surface area contributed by atoms with Crippen LogP contribution >= 0.6 is 0 Å². The number of benzene rings is 1. The van der Waals surface area contributed by atoms with Gasteiger partial charge in [-0.05, 0) is 0 Å². The van der Waals surface area contributed by atoms with Crippen molar-refractivity contribution in [3.05, 3.63) is 35.4 Å². The Hall–Kier alpha value is -1.32. The van der Waals surface area contributed by atoms with Crippen molar-refractivity contribution in [1.82, 2.24) is 0 Å². The summed E-state index contributed by atoms with van der Waals surface area (Å²) in [5.74, 6) is -3.04. The number of hydrogen-bond donors (Lipinski definition) is 0. The smallest absolute Gasteiger partial charge is 0.545 e. The van der Waals surface area contributed by atoms with E-state index in [4.69, 9.17) is 0 Å². The molecule has 0 fully saturated rings. The van der Waals surface area contributed by atoms with Crippen LogP contribution < -0.4 is 10.2 Å². The van der Waals surface area contributed by atoms with Crippen LogP contribution in [0.1, 0.15) is 20.7 Å². The quantitative estimate of drug-likeness (QED) is 0.571. The van der Waals surface area contributed by atoms with E-state index in [1.165, 1.54) is 12.1 Å². The maximum Gasteiger partial charge on any atom is 2.00 e. The largest absolute Gasteiger partial charge is 2.00 e. The number of carboxylic acids is 2. The molecule has 1 radical (unpaired) electrons. The maximum absolute atomic E-state index is 10.3. The summed E-state index contributed by atoms with van der Waals surface area (Å²) < 4.78 is 0. The van der Waals surface area contributed by atoms with Gasteiger partial charge in [0.15, 0.2) is 0 Å². The molecular weight excluding hydrogens is 224 g/mol. The van der Waals surface area contributed by atoms with Gasteiger partial charge in [0, 0.05) is 11.1 Å². The Kier molecular flexibility index (Phi) is 4.17. The van der Waals surface area contributed by atoms with Gasteiger partial charge in [-0.2, -0.15) is 0 Å². The Morgan fingerprint density at radius 1 is 0.923 bits per heavy atom. The van der Waals surface area contributed by atoms with Crippen molar-refractivity contribution >= 4 is 11.9 Å². The van der Waals surface area contributed by atoms with Gasteiger partial charge in [-0.15, -0.1) is 0 Å². The number of rotatable bonds is 2. The molecule has 1 aromatic carbocycles. The maximum atomic E-state index is 10.3.